The van der Waals surface area contributed by atoms with E-state index >= 15 is 0 Å². The highest BCUT2D eigenvalue weighted by molar-refractivity contribution is 5.94. The summed E-state index contributed by atoms with van der Waals surface area (Å²) < 4.78 is 16.8. The van der Waals surface area contributed by atoms with Gasteiger partial charge in [0, 0.05) is 25.3 Å². The van der Waals surface area contributed by atoms with E-state index in [9.17, 15) is 4.79 Å². The van der Waals surface area contributed by atoms with E-state index in [1.165, 1.54) is 0 Å². The number of carbonyl (C=O) groups is 1. The third kappa shape index (κ3) is 5.40. The van der Waals surface area contributed by atoms with E-state index in [-0.39, 0.29) is 12.0 Å². The van der Waals surface area contributed by atoms with Crippen molar-refractivity contribution in [3.05, 3.63) is 71.8 Å². The minimum atomic E-state index is -0.131. The van der Waals surface area contributed by atoms with Crippen LogP contribution in [-0.4, -0.2) is 43.8 Å². The van der Waals surface area contributed by atoms with Crippen LogP contribution in [0, 0.1) is 11.3 Å². The summed E-state index contributed by atoms with van der Waals surface area (Å²) in [5.74, 6) is 1.10. The topological polar surface area (TPSA) is 71.8 Å². The van der Waals surface area contributed by atoms with Crippen LogP contribution in [0.2, 0.25) is 0 Å². The zero-order valence-electron chi connectivity index (χ0n) is 17.2. The van der Waals surface area contributed by atoms with Crippen LogP contribution in [0.1, 0.15) is 34.3 Å². The lowest BCUT2D eigenvalue weighted by atomic mass is 10.1. The second kappa shape index (κ2) is 10.5. The van der Waals surface area contributed by atoms with Gasteiger partial charge in [0.05, 0.1) is 24.8 Å². The molecule has 6 nitrogen and oxygen atoms in total. The van der Waals surface area contributed by atoms with Crippen molar-refractivity contribution >= 4 is 5.91 Å². The van der Waals surface area contributed by atoms with E-state index in [0.29, 0.717) is 42.3 Å². The number of hydrogen-bond acceptors (Lipinski definition) is 5. The Morgan fingerprint density at radius 3 is 2.90 bits per heavy atom. The molecular weight excluding hydrogens is 380 g/mol. The van der Waals surface area contributed by atoms with Crippen molar-refractivity contribution in [2.75, 3.05) is 26.9 Å². The first-order valence-corrected chi connectivity index (χ1v) is 9.96. The Bertz CT molecular complexity index is 929. The van der Waals surface area contributed by atoms with E-state index in [4.69, 9.17) is 19.5 Å². The molecule has 0 aliphatic carbocycles. The first kappa shape index (κ1) is 21.4. The predicted molar refractivity (Wildman–Crippen MR) is 114 cm³/mol. The lowest BCUT2D eigenvalue weighted by Gasteiger charge is -2.26. The molecule has 1 atom stereocenters. The third-order valence-corrected chi connectivity index (χ3v) is 4.93. The average molecular weight is 406 g/mol. The van der Waals surface area contributed by atoms with Gasteiger partial charge in [0.2, 0.25) is 0 Å². The number of amides is 1. The van der Waals surface area contributed by atoms with Crippen LogP contribution in [0.5, 0.6) is 11.5 Å². The quantitative estimate of drug-likeness (QED) is 0.590. The smallest absolute Gasteiger partial charge is 0.254 e. The standard InChI is InChI=1S/C24H26N2O4/c1-3-11-30-22-10-9-19(14-23(22)28-2)16-26(17-21-8-5-12-29-21)24(27)20-7-4-6-18(13-20)15-25/h3-4,6-7,9-10,13-14,21H,1,5,8,11-12,16-17H2,2H3/t21-/m0/s1. The molecule has 1 fully saturated rings. The lowest BCUT2D eigenvalue weighted by molar-refractivity contribution is 0.0507. The number of ether oxygens (including phenoxy) is 3. The van der Waals surface area contributed by atoms with Gasteiger partial charge in [-0.25, -0.2) is 0 Å². The van der Waals surface area contributed by atoms with E-state index in [1.54, 1.807) is 42.4 Å². The third-order valence-electron chi connectivity index (χ3n) is 4.93. The minimum Gasteiger partial charge on any atom is -0.493 e. The summed E-state index contributed by atoms with van der Waals surface area (Å²) >= 11 is 0. The van der Waals surface area contributed by atoms with Crippen LogP contribution < -0.4 is 9.47 Å². The molecule has 0 spiro atoms. The van der Waals surface area contributed by atoms with Crippen molar-refractivity contribution in [1.82, 2.24) is 4.90 Å². The molecule has 1 saturated heterocycles. The Balaban J connectivity index is 1.84. The molecule has 0 aromatic heterocycles. The van der Waals surface area contributed by atoms with Crippen LogP contribution >= 0.6 is 0 Å². The van der Waals surface area contributed by atoms with Crippen LogP contribution in [0.15, 0.2) is 55.1 Å². The van der Waals surface area contributed by atoms with Crippen molar-refractivity contribution in [3.63, 3.8) is 0 Å². The molecule has 1 aliphatic rings. The zero-order chi connectivity index (χ0) is 21.3. The molecule has 0 N–H and O–H groups in total. The van der Waals surface area contributed by atoms with Crippen LogP contribution in [0.3, 0.4) is 0 Å². The van der Waals surface area contributed by atoms with Crippen LogP contribution in [0.25, 0.3) is 0 Å². The number of nitrogens with zero attached hydrogens (tertiary/aromatic N) is 2. The number of hydrogen-bond donors (Lipinski definition) is 0. The molecule has 1 amide bonds. The molecule has 0 unspecified atom stereocenters. The van der Waals surface area contributed by atoms with Crippen molar-refractivity contribution in [2.24, 2.45) is 0 Å². The Morgan fingerprint density at radius 2 is 2.20 bits per heavy atom. The second-order valence-corrected chi connectivity index (χ2v) is 7.10. The fraction of sp³-hybridized carbons (Fsp3) is 0.333. The van der Waals surface area contributed by atoms with Gasteiger partial charge in [-0.3, -0.25) is 4.79 Å². The predicted octanol–water partition coefficient (Wildman–Crippen LogP) is 3.95. The fourth-order valence-electron chi connectivity index (χ4n) is 3.46. The van der Waals surface area contributed by atoms with Gasteiger partial charge in [-0.05, 0) is 48.7 Å². The SMILES string of the molecule is C=CCOc1ccc(CN(C[C@@H]2CCCO2)C(=O)c2cccc(C#N)c2)cc1OC. The molecule has 6 heteroatoms. The normalized spacial score (nSPS) is 15.3. The van der Waals surface area contributed by atoms with E-state index < -0.39 is 0 Å². The molecule has 1 aliphatic heterocycles. The van der Waals surface area contributed by atoms with Gasteiger partial charge in [0.15, 0.2) is 11.5 Å². The second-order valence-electron chi connectivity index (χ2n) is 7.10. The number of rotatable bonds is 9. The van der Waals surface area contributed by atoms with Gasteiger partial charge in [-0.2, -0.15) is 5.26 Å². The van der Waals surface area contributed by atoms with Crippen LogP contribution in [-0.2, 0) is 11.3 Å². The maximum absolute atomic E-state index is 13.3. The number of carbonyl (C=O) groups excluding carboxylic acids is 1. The molecule has 0 saturated carbocycles. The zero-order valence-corrected chi connectivity index (χ0v) is 17.2. The molecule has 0 radical (unpaired) electrons. The van der Waals surface area contributed by atoms with Gasteiger partial charge < -0.3 is 19.1 Å². The minimum absolute atomic E-state index is 0.0187. The summed E-state index contributed by atoms with van der Waals surface area (Å²) in [6.07, 6.45) is 3.62. The molecule has 156 valence electrons. The van der Waals surface area contributed by atoms with Gasteiger partial charge >= 0.3 is 0 Å². The Morgan fingerprint density at radius 1 is 1.33 bits per heavy atom. The Kier molecular flexibility index (Phi) is 7.47. The molecule has 1 heterocycles. The summed E-state index contributed by atoms with van der Waals surface area (Å²) in [5, 5.41) is 9.17. The average Bonchev–Trinajstić information content (AvgIpc) is 3.30. The Labute approximate surface area is 177 Å². The van der Waals surface area contributed by atoms with Crippen molar-refractivity contribution < 1.29 is 19.0 Å². The summed E-state index contributed by atoms with van der Waals surface area (Å²) in [4.78, 5) is 15.0. The number of nitriles is 1. The van der Waals surface area contributed by atoms with E-state index in [1.807, 2.05) is 18.2 Å². The van der Waals surface area contributed by atoms with Crippen molar-refractivity contribution in [1.29, 1.82) is 5.26 Å². The maximum atomic E-state index is 13.3. The first-order valence-electron chi connectivity index (χ1n) is 9.96. The highest BCUT2D eigenvalue weighted by Crippen LogP contribution is 2.29. The van der Waals surface area contributed by atoms with Gasteiger partial charge in [-0.15, -0.1) is 0 Å². The van der Waals surface area contributed by atoms with Gasteiger partial charge in [0.25, 0.3) is 5.91 Å². The first-order chi connectivity index (χ1) is 14.6. The van der Waals surface area contributed by atoms with Gasteiger partial charge in [-0.1, -0.05) is 24.8 Å². The number of methoxy groups -OCH3 is 1. The molecule has 30 heavy (non-hydrogen) atoms. The largest absolute Gasteiger partial charge is 0.493 e. The molecule has 3 rings (SSSR count). The maximum Gasteiger partial charge on any atom is 0.254 e. The highest BCUT2D eigenvalue weighted by Gasteiger charge is 2.24. The van der Waals surface area contributed by atoms with E-state index in [0.717, 1.165) is 25.0 Å². The molecule has 2 aromatic carbocycles. The van der Waals surface area contributed by atoms with Crippen LogP contribution in [0.4, 0.5) is 0 Å². The highest BCUT2D eigenvalue weighted by atomic mass is 16.5. The summed E-state index contributed by atoms with van der Waals surface area (Å²) in [6, 6.07) is 14.5. The molecule has 2 aromatic rings. The monoisotopic (exact) mass is 406 g/mol. The summed E-state index contributed by atoms with van der Waals surface area (Å²) in [5.41, 5.74) is 1.87. The number of benzene rings is 2. The molecular formula is C24H26N2O4. The van der Waals surface area contributed by atoms with E-state index in [2.05, 4.69) is 12.6 Å². The Hall–Kier alpha value is -3.30. The lowest BCUT2D eigenvalue weighted by Crippen LogP contribution is -2.37. The molecule has 0 bridgehead atoms. The summed E-state index contributed by atoms with van der Waals surface area (Å²) in [6.45, 7) is 5.65. The van der Waals surface area contributed by atoms with Gasteiger partial charge in [0.1, 0.15) is 6.61 Å². The van der Waals surface area contributed by atoms with Crippen molar-refractivity contribution in [2.45, 2.75) is 25.5 Å². The van der Waals surface area contributed by atoms with Crippen molar-refractivity contribution in [3.8, 4) is 17.6 Å². The summed E-state index contributed by atoms with van der Waals surface area (Å²) in [7, 11) is 1.59. The fourth-order valence-corrected chi connectivity index (χ4v) is 3.46.